The summed E-state index contributed by atoms with van der Waals surface area (Å²) in [4.78, 5) is 0. The molecule has 0 aromatic rings. The van der Waals surface area contributed by atoms with Gasteiger partial charge >= 0.3 is 0 Å². The first-order chi connectivity index (χ1) is 12.3. The molecule has 0 saturated heterocycles. The molecule has 0 aromatic heterocycles. The molecule has 0 saturated carbocycles. The van der Waals surface area contributed by atoms with E-state index in [1.807, 2.05) is 0 Å². The van der Waals surface area contributed by atoms with Gasteiger partial charge in [0.1, 0.15) is 0 Å². The van der Waals surface area contributed by atoms with Gasteiger partial charge in [0.05, 0.1) is 46.2 Å². The van der Waals surface area contributed by atoms with Crippen molar-refractivity contribution in [3.63, 3.8) is 0 Å². The lowest BCUT2D eigenvalue weighted by Crippen LogP contribution is -2.15. The van der Waals surface area contributed by atoms with Crippen LogP contribution >= 0.6 is 0 Å². The van der Waals surface area contributed by atoms with E-state index in [1.165, 1.54) is 51.4 Å². The minimum Gasteiger partial charge on any atom is -0.379 e. The lowest BCUT2D eigenvalue weighted by molar-refractivity contribution is -0.00472. The molecule has 1 atom stereocenters. The van der Waals surface area contributed by atoms with Crippen LogP contribution in [-0.4, -0.2) is 52.9 Å². The van der Waals surface area contributed by atoms with Crippen LogP contribution in [0.2, 0.25) is 0 Å². The first-order valence-corrected chi connectivity index (χ1v) is 10.3. The normalized spacial score (nSPS) is 12.4. The van der Waals surface area contributed by atoms with Gasteiger partial charge in [-0.25, -0.2) is 0 Å². The average Bonchev–Trinajstić information content (AvgIpc) is 2.63. The molecule has 0 aromatic carbocycles. The Bertz CT molecular complexity index is 258. The first-order valence-electron chi connectivity index (χ1n) is 10.3. The van der Waals surface area contributed by atoms with Crippen molar-refractivity contribution in [2.45, 2.75) is 65.2 Å². The highest BCUT2D eigenvalue weighted by Gasteiger charge is 2.08. The summed E-state index contributed by atoms with van der Waals surface area (Å²) in [6, 6.07) is 0. The van der Waals surface area contributed by atoms with Crippen molar-refractivity contribution in [1.82, 2.24) is 0 Å². The highest BCUT2D eigenvalue weighted by molar-refractivity contribution is 4.63. The molecule has 0 fully saturated rings. The molecular weight excluding hydrogens is 316 g/mol. The largest absolute Gasteiger partial charge is 0.379 e. The molecule has 0 amide bonds. The summed E-state index contributed by atoms with van der Waals surface area (Å²) in [5.74, 6) is 0.718. The lowest BCUT2D eigenvalue weighted by atomic mass is 9.96. The van der Waals surface area contributed by atoms with Crippen LogP contribution in [0.5, 0.6) is 0 Å². The van der Waals surface area contributed by atoms with E-state index in [4.69, 9.17) is 18.9 Å². The molecule has 0 rings (SSSR count). The molecule has 4 nitrogen and oxygen atoms in total. The molecule has 0 aliphatic rings. The Morgan fingerprint density at radius 3 is 1.84 bits per heavy atom. The van der Waals surface area contributed by atoms with Crippen LogP contribution < -0.4 is 0 Å². The van der Waals surface area contributed by atoms with E-state index in [0.29, 0.717) is 46.2 Å². The van der Waals surface area contributed by atoms with E-state index >= 15 is 0 Å². The van der Waals surface area contributed by atoms with Crippen molar-refractivity contribution in [3.05, 3.63) is 12.7 Å². The number of unbranched alkanes of at least 4 members (excludes halogenated alkanes) is 4. The summed E-state index contributed by atoms with van der Waals surface area (Å²) in [5.41, 5.74) is 0. The summed E-state index contributed by atoms with van der Waals surface area (Å²) < 4.78 is 22.0. The Morgan fingerprint density at radius 1 is 0.680 bits per heavy atom. The third-order valence-electron chi connectivity index (χ3n) is 4.14. The zero-order valence-corrected chi connectivity index (χ0v) is 16.8. The molecule has 0 aliphatic carbocycles. The average molecular weight is 359 g/mol. The molecule has 0 spiro atoms. The molecule has 4 heteroatoms. The maximum atomic E-state index is 5.83. The molecular formula is C21H42O4. The summed E-state index contributed by atoms with van der Waals surface area (Å²) in [5, 5.41) is 0. The van der Waals surface area contributed by atoms with E-state index in [9.17, 15) is 0 Å². The summed E-state index contributed by atoms with van der Waals surface area (Å²) in [6.07, 6.45) is 12.3. The molecule has 0 bridgehead atoms. The van der Waals surface area contributed by atoms with Crippen LogP contribution in [0.4, 0.5) is 0 Å². The van der Waals surface area contributed by atoms with Crippen molar-refractivity contribution in [2.24, 2.45) is 5.92 Å². The van der Waals surface area contributed by atoms with Crippen LogP contribution in [0.15, 0.2) is 12.7 Å². The van der Waals surface area contributed by atoms with Gasteiger partial charge in [0.25, 0.3) is 0 Å². The standard InChI is InChI=1S/C21H42O4/c1-4-7-9-10-12-21(11-8-5-2)20-25-19-18-24-17-16-23-15-14-22-13-6-3/h6,21H,3-5,7-20H2,1-2H3. The van der Waals surface area contributed by atoms with Crippen molar-refractivity contribution in [3.8, 4) is 0 Å². The lowest BCUT2D eigenvalue weighted by Gasteiger charge is -2.17. The van der Waals surface area contributed by atoms with Crippen LogP contribution in [0.3, 0.4) is 0 Å². The number of rotatable bonds is 21. The molecule has 0 heterocycles. The SMILES string of the molecule is C=CCOCCOCCOCCOCC(CCCC)CCCCCC. The number of hydrogen-bond donors (Lipinski definition) is 0. The molecule has 1 unspecified atom stereocenters. The minimum atomic E-state index is 0.578. The minimum absolute atomic E-state index is 0.578. The Kier molecular flexibility index (Phi) is 21.3. The highest BCUT2D eigenvalue weighted by atomic mass is 16.6. The highest BCUT2D eigenvalue weighted by Crippen LogP contribution is 2.17. The predicted octanol–water partition coefficient (Wildman–Crippen LogP) is 5.02. The topological polar surface area (TPSA) is 36.9 Å². The summed E-state index contributed by atoms with van der Waals surface area (Å²) in [6.45, 7) is 13.3. The van der Waals surface area contributed by atoms with Crippen LogP contribution in [0.25, 0.3) is 0 Å². The Morgan fingerprint density at radius 2 is 1.24 bits per heavy atom. The fourth-order valence-corrected chi connectivity index (χ4v) is 2.64. The molecule has 0 N–H and O–H groups in total. The van der Waals surface area contributed by atoms with Gasteiger partial charge in [0.2, 0.25) is 0 Å². The van der Waals surface area contributed by atoms with Crippen LogP contribution in [0, 0.1) is 5.92 Å². The van der Waals surface area contributed by atoms with Gasteiger partial charge in [-0.05, 0) is 18.8 Å². The fourth-order valence-electron chi connectivity index (χ4n) is 2.64. The van der Waals surface area contributed by atoms with Gasteiger partial charge < -0.3 is 18.9 Å². The summed E-state index contributed by atoms with van der Waals surface area (Å²) >= 11 is 0. The van der Waals surface area contributed by atoms with Gasteiger partial charge in [0.15, 0.2) is 0 Å². The molecule has 0 radical (unpaired) electrons. The van der Waals surface area contributed by atoms with Gasteiger partial charge in [-0.1, -0.05) is 58.4 Å². The number of hydrogen-bond acceptors (Lipinski definition) is 4. The monoisotopic (exact) mass is 358 g/mol. The van der Waals surface area contributed by atoms with Gasteiger partial charge in [0, 0.05) is 6.61 Å². The van der Waals surface area contributed by atoms with E-state index in [0.717, 1.165) is 12.5 Å². The second-order valence-electron chi connectivity index (χ2n) is 6.52. The number of ether oxygens (including phenoxy) is 4. The third kappa shape index (κ3) is 19.7. The zero-order valence-electron chi connectivity index (χ0n) is 16.8. The van der Waals surface area contributed by atoms with Gasteiger partial charge in [-0.3, -0.25) is 0 Å². The van der Waals surface area contributed by atoms with E-state index < -0.39 is 0 Å². The molecule has 25 heavy (non-hydrogen) atoms. The smallest absolute Gasteiger partial charge is 0.0704 e. The van der Waals surface area contributed by atoms with E-state index in [-0.39, 0.29) is 0 Å². The Hall–Kier alpha value is -0.420. The van der Waals surface area contributed by atoms with Crippen molar-refractivity contribution >= 4 is 0 Å². The zero-order chi connectivity index (χ0) is 18.4. The molecule has 150 valence electrons. The maximum absolute atomic E-state index is 5.83. The van der Waals surface area contributed by atoms with Gasteiger partial charge in [-0.15, -0.1) is 6.58 Å². The van der Waals surface area contributed by atoms with Crippen LogP contribution in [-0.2, 0) is 18.9 Å². The second kappa shape index (κ2) is 21.6. The molecule has 0 aliphatic heterocycles. The first kappa shape index (κ1) is 24.6. The van der Waals surface area contributed by atoms with Crippen molar-refractivity contribution in [1.29, 1.82) is 0 Å². The predicted molar refractivity (Wildman–Crippen MR) is 105 cm³/mol. The summed E-state index contributed by atoms with van der Waals surface area (Å²) in [7, 11) is 0. The van der Waals surface area contributed by atoms with Gasteiger partial charge in [-0.2, -0.15) is 0 Å². The van der Waals surface area contributed by atoms with Crippen LogP contribution in [0.1, 0.15) is 65.2 Å². The van der Waals surface area contributed by atoms with E-state index in [1.54, 1.807) is 6.08 Å². The Balaban J connectivity index is 3.43. The Labute approximate surface area is 156 Å². The third-order valence-corrected chi connectivity index (χ3v) is 4.14. The van der Waals surface area contributed by atoms with E-state index in [2.05, 4.69) is 20.4 Å². The quantitative estimate of drug-likeness (QED) is 0.213. The van der Waals surface area contributed by atoms with Crippen molar-refractivity contribution in [2.75, 3.05) is 52.9 Å². The maximum Gasteiger partial charge on any atom is 0.0704 e. The van der Waals surface area contributed by atoms with Crippen molar-refractivity contribution < 1.29 is 18.9 Å². The fraction of sp³-hybridized carbons (Fsp3) is 0.905. The second-order valence-corrected chi connectivity index (χ2v) is 6.52.